The van der Waals surface area contributed by atoms with Crippen LogP contribution in [0.3, 0.4) is 0 Å². The maximum absolute atomic E-state index is 12.6. The molecule has 6 heteroatoms. The number of nitrogens with two attached hydrogens (primary N) is 1. The number of hydrogen-bond donors (Lipinski definition) is 2. The lowest BCUT2D eigenvalue weighted by molar-refractivity contribution is 0.0939. The number of rotatable bonds is 7. The van der Waals surface area contributed by atoms with Gasteiger partial charge in [0.05, 0.1) is 10.6 Å². The van der Waals surface area contributed by atoms with Gasteiger partial charge in [0.25, 0.3) is 5.91 Å². The Bertz CT molecular complexity index is 854. The van der Waals surface area contributed by atoms with E-state index in [0.29, 0.717) is 18.5 Å². The maximum atomic E-state index is 12.6. The molecule has 0 aliphatic carbocycles. The molecule has 3 N–H and O–H groups in total. The molecule has 0 aliphatic rings. The number of amides is 1. The standard InChI is InChI=1S/C20H26N2O3S/c1-4-17(13-26(24,25)18-8-6-5-7-9-18)22-20(23)16-10-14(2)19(12-21)15(3)11-16/h5-11,17H,4,12-13,21H2,1-3H3,(H,22,23). The minimum atomic E-state index is -3.46. The lowest BCUT2D eigenvalue weighted by Gasteiger charge is -2.18. The zero-order valence-electron chi connectivity index (χ0n) is 15.5. The largest absolute Gasteiger partial charge is 0.348 e. The number of sulfone groups is 1. The summed E-state index contributed by atoms with van der Waals surface area (Å²) in [6, 6.07) is 11.4. The van der Waals surface area contributed by atoms with Crippen LogP contribution in [0.5, 0.6) is 0 Å². The topological polar surface area (TPSA) is 89.3 Å². The highest BCUT2D eigenvalue weighted by Crippen LogP contribution is 2.17. The van der Waals surface area contributed by atoms with Gasteiger partial charge in [-0.1, -0.05) is 25.1 Å². The number of nitrogens with one attached hydrogen (secondary N) is 1. The fourth-order valence-corrected chi connectivity index (χ4v) is 4.58. The number of benzene rings is 2. The van der Waals surface area contributed by atoms with E-state index in [9.17, 15) is 13.2 Å². The lowest BCUT2D eigenvalue weighted by atomic mass is 9.99. The van der Waals surface area contributed by atoms with Gasteiger partial charge < -0.3 is 11.1 Å². The van der Waals surface area contributed by atoms with Crippen molar-refractivity contribution in [2.75, 3.05) is 5.75 Å². The molecule has 2 aromatic carbocycles. The molecule has 0 fully saturated rings. The van der Waals surface area contributed by atoms with Gasteiger partial charge in [-0.3, -0.25) is 4.79 Å². The summed E-state index contributed by atoms with van der Waals surface area (Å²) in [5.74, 6) is -0.396. The van der Waals surface area contributed by atoms with E-state index in [1.165, 1.54) is 0 Å². The molecule has 2 aromatic rings. The summed E-state index contributed by atoms with van der Waals surface area (Å²) in [4.78, 5) is 12.9. The van der Waals surface area contributed by atoms with Crippen LogP contribution in [-0.4, -0.2) is 26.1 Å². The van der Waals surface area contributed by atoms with Crippen molar-refractivity contribution in [3.05, 3.63) is 64.7 Å². The SMILES string of the molecule is CCC(CS(=O)(=O)c1ccccc1)NC(=O)c1cc(C)c(CN)c(C)c1. The summed E-state index contributed by atoms with van der Waals surface area (Å²) in [5, 5.41) is 2.85. The number of carbonyl (C=O) groups excluding carboxylic acids is 1. The van der Waals surface area contributed by atoms with E-state index in [2.05, 4.69) is 5.32 Å². The third kappa shape index (κ3) is 4.71. The van der Waals surface area contributed by atoms with Gasteiger partial charge in [0, 0.05) is 18.2 Å². The predicted octanol–water partition coefficient (Wildman–Crippen LogP) is 2.74. The van der Waals surface area contributed by atoms with Crippen molar-refractivity contribution in [3.8, 4) is 0 Å². The highest BCUT2D eigenvalue weighted by molar-refractivity contribution is 7.91. The van der Waals surface area contributed by atoms with Gasteiger partial charge in [-0.2, -0.15) is 0 Å². The number of carbonyl (C=O) groups is 1. The molecule has 26 heavy (non-hydrogen) atoms. The summed E-state index contributed by atoms with van der Waals surface area (Å²) < 4.78 is 25.1. The summed E-state index contributed by atoms with van der Waals surface area (Å²) in [5.41, 5.74) is 9.21. The fraction of sp³-hybridized carbons (Fsp3) is 0.350. The molecule has 140 valence electrons. The molecule has 1 unspecified atom stereocenters. The fourth-order valence-electron chi connectivity index (χ4n) is 2.97. The first-order chi connectivity index (χ1) is 12.3. The third-order valence-corrected chi connectivity index (χ3v) is 6.34. The second kappa shape index (κ2) is 8.47. The zero-order valence-corrected chi connectivity index (χ0v) is 16.3. The van der Waals surface area contributed by atoms with Gasteiger partial charge in [0.2, 0.25) is 0 Å². The van der Waals surface area contributed by atoms with Crippen LogP contribution >= 0.6 is 0 Å². The van der Waals surface area contributed by atoms with E-state index in [1.807, 2.05) is 20.8 Å². The lowest BCUT2D eigenvalue weighted by Crippen LogP contribution is -2.39. The molecule has 5 nitrogen and oxygen atoms in total. The van der Waals surface area contributed by atoms with Crippen LogP contribution in [0.15, 0.2) is 47.4 Å². The first-order valence-corrected chi connectivity index (χ1v) is 10.3. The van der Waals surface area contributed by atoms with Crippen molar-refractivity contribution < 1.29 is 13.2 Å². The van der Waals surface area contributed by atoms with E-state index in [4.69, 9.17) is 5.73 Å². The Labute approximate surface area is 155 Å². The Balaban J connectivity index is 2.16. The van der Waals surface area contributed by atoms with E-state index in [0.717, 1.165) is 16.7 Å². The molecule has 0 saturated heterocycles. The van der Waals surface area contributed by atoms with Gasteiger partial charge in [-0.05, 0) is 61.2 Å². The molecule has 0 radical (unpaired) electrons. The quantitative estimate of drug-likeness (QED) is 0.780. The van der Waals surface area contributed by atoms with E-state index in [1.54, 1.807) is 42.5 Å². The predicted molar refractivity (Wildman–Crippen MR) is 104 cm³/mol. The van der Waals surface area contributed by atoms with Crippen LogP contribution in [-0.2, 0) is 16.4 Å². The van der Waals surface area contributed by atoms with Gasteiger partial charge >= 0.3 is 0 Å². The highest BCUT2D eigenvalue weighted by atomic mass is 32.2. The van der Waals surface area contributed by atoms with E-state index in [-0.39, 0.29) is 16.6 Å². The Kier molecular flexibility index (Phi) is 6.56. The van der Waals surface area contributed by atoms with Crippen LogP contribution in [0.25, 0.3) is 0 Å². The van der Waals surface area contributed by atoms with E-state index >= 15 is 0 Å². The molecule has 2 rings (SSSR count). The number of aryl methyl sites for hydroxylation is 2. The smallest absolute Gasteiger partial charge is 0.251 e. The van der Waals surface area contributed by atoms with Gasteiger partial charge in [0.1, 0.15) is 0 Å². The molecule has 0 heterocycles. The molecule has 0 bridgehead atoms. The molecule has 0 aromatic heterocycles. The summed E-state index contributed by atoms with van der Waals surface area (Å²) in [7, 11) is -3.46. The minimum Gasteiger partial charge on any atom is -0.348 e. The Morgan fingerprint density at radius 3 is 2.19 bits per heavy atom. The van der Waals surface area contributed by atoms with Crippen LogP contribution in [0, 0.1) is 13.8 Å². The first kappa shape index (κ1) is 20.1. The van der Waals surface area contributed by atoms with Crippen LogP contribution in [0.2, 0.25) is 0 Å². The van der Waals surface area contributed by atoms with Gasteiger partial charge in [0.15, 0.2) is 9.84 Å². The van der Waals surface area contributed by atoms with Crippen molar-refractivity contribution in [2.24, 2.45) is 5.73 Å². The molecular formula is C20H26N2O3S. The van der Waals surface area contributed by atoms with E-state index < -0.39 is 15.9 Å². The third-order valence-electron chi connectivity index (χ3n) is 4.51. The second-order valence-corrected chi connectivity index (χ2v) is 8.50. The summed E-state index contributed by atoms with van der Waals surface area (Å²) in [6.45, 7) is 6.12. The van der Waals surface area contributed by atoms with Crippen molar-refractivity contribution in [1.29, 1.82) is 0 Å². The first-order valence-electron chi connectivity index (χ1n) is 8.67. The normalized spacial score (nSPS) is 12.6. The average Bonchev–Trinajstić information content (AvgIpc) is 2.61. The summed E-state index contributed by atoms with van der Waals surface area (Å²) >= 11 is 0. The van der Waals surface area contributed by atoms with Crippen molar-refractivity contribution >= 4 is 15.7 Å². The second-order valence-electron chi connectivity index (χ2n) is 6.47. The van der Waals surface area contributed by atoms with Gasteiger partial charge in [-0.25, -0.2) is 8.42 Å². The zero-order chi connectivity index (χ0) is 19.3. The van der Waals surface area contributed by atoms with Crippen LogP contribution in [0.1, 0.15) is 40.4 Å². The molecule has 1 atom stereocenters. The maximum Gasteiger partial charge on any atom is 0.251 e. The summed E-state index contributed by atoms with van der Waals surface area (Å²) in [6.07, 6.45) is 0.524. The monoisotopic (exact) mass is 374 g/mol. The molecule has 0 aliphatic heterocycles. The van der Waals surface area contributed by atoms with Crippen molar-refractivity contribution in [2.45, 2.75) is 44.7 Å². The Morgan fingerprint density at radius 1 is 1.12 bits per heavy atom. The average molecular weight is 375 g/mol. The van der Waals surface area contributed by atoms with Crippen LogP contribution in [0.4, 0.5) is 0 Å². The molecule has 1 amide bonds. The molecule has 0 saturated carbocycles. The molecule has 0 spiro atoms. The highest BCUT2D eigenvalue weighted by Gasteiger charge is 2.22. The van der Waals surface area contributed by atoms with Gasteiger partial charge in [-0.15, -0.1) is 0 Å². The van der Waals surface area contributed by atoms with Crippen LogP contribution < -0.4 is 11.1 Å². The van der Waals surface area contributed by atoms with Crippen molar-refractivity contribution in [1.82, 2.24) is 5.32 Å². The minimum absolute atomic E-state index is 0.127. The molecular weight excluding hydrogens is 348 g/mol. The number of hydrogen-bond acceptors (Lipinski definition) is 4. The Morgan fingerprint density at radius 2 is 1.69 bits per heavy atom. The van der Waals surface area contributed by atoms with Crippen molar-refractivity contribution in [3.63, 3.8) is 0 Å². The Hall–Kier alpha value is -2.18.